The maximum absolute atomic E-state index is 12.7. The van der Waals surface area contributed by atoms with E-state index >= 15 is 0 Å². The predicted molar refractivity (Wildman–Crippen MR) is 47.3 cm³/mol. The van der Waals surface area contributed by atoms with E-state index < -0.39 is 5.92 Å². The van der Waals surface area contributed by atoms with Gasteiger partial charge in [-0.15, -0.1) is 0 Å². The number of methoxy groups -OCH3 is 1. The molecule has 0 atom stereocenters. The molecule has 82 valence electrons. The minimum absolute atomic E-state index is 0.0643. The van der Waals surface area contributed by atoms with Crippen molar-refractivity contribution in [2.45, 2.75) is 25.2 Å². The van der Waals surface area contributed by atoms with Crippen LogP contribution in [-0.4, -0.2) is 43.5 Å². The monoisotopic (exact) mass is 207 g/mol. The number of hydrogen-bond donors (Lipinski definition) is 0. The van der Waals surface area contributed by atoms with Crippen LogP contribution >= 0.6 is 0 Å². The molecular weight excluding hydrogens is 192 g/mol. The van der Waals surface area contributed by atoms with Gasteiger partial charge in [-0.3, -0.25) is 9.69 Å². The molecule has 0 aromatic rings. The number of alkyl halides is 2. The molecule has 1 aliphatic rings. The number of ether oxygens (including phenoxy) is 1. The molecule has 0 aromatic heterocycles. The molecule has 0 aliphatic carbocycles. The van der Waals surface area contributed by atoms with E-state index in [4.69, 9.17) is 0 Å². The third-order valence-corrected chi connectivity index (χ3v) is 2.33. The molecule has 0 aromatic carbocycles. The van der Waals surface area contributed by atoms with Crippen LogP contribution in [0.25, 0.3) is 0 Å². The Morgan fingerprint density at radius 3 is 2.79 bits per heavy atom. The van der Waals surface area contributed by atoms with Crippen LogP contribution in [0.15, 0.2) is 0 Å². The summed E-state index contributed by atoms with van der Waals surface area (Å²) < 4.78 is 29.9. The SMILES string of the molecule is COC(=O)CCCN1CCC(F)(F)C1. The van der Waals surface area contributed by atoms with E-state index in [1.807, 2.05) is 0 Å². The summed E-state index contributed by atoms with van der Waals surface area (Å²) in [4.78, 5) is 12.4. The summed E-state index contributed by atoms with van der Waals surface area (Å²) >= 11 is 0. The zero-order valence-electron chi connectivity index (χ0n) is 8.26. The molecule has 1 rings (SSSR count). The van der Waals surface area contributed by atoms with Crippen molar-refractivity contribution in [1.29, 1.82) is 0 Å². The first-order chi connectivity index (χ1) is 6.53. The summed E-state index contributed by atoms with van der Waals surface area (Å²) in [6, 6.07) is 0. The molecule has 0 radical (unpaired) electrons. The summed E-state index contributed by atoms with van der Waals surface area (Å²) in [5, 5.41) is 0. The zero-order valence-corrected chi connectivity index (χ0v) is 8.26. The van der Waals surface area contributed by atoms with Crippen molar-refractivity contribution in [1.82, 2.24) is 4.90 Å². The van der Waals surface area contributed by atoms with Crippen molar-refractivity contribution in [2.24, 2.45) is 0 Å². The number of esters is 1. The lowest BCUT2D eigenvalue weighted by Crippen LogP contribution is -2.26. The highest BCUT2D eigenvalue weighted by atomic mass is 19.3. The molecule has 0 amide bonds. The highest BCUT2D eigenvalue weighted by molar-refractivity contribution is 5.69. The topological polar surface area (TPSA) is 29.5 Å². The van der Waals surface area contributed by atoms with Crippen molar-refractivity contribution in [2.75, 3.05) is 26.7 Å². The van der Waals surface area contributed by atoms with Crippen LogP contribution in [0.5, 0.6) is 0 Å². The summed E-state index contributed by atoms with van der Waals surface area (Å²) in [5.41, 5.74) is 0. The maximum Gasteiger partial charge on any atom is 0.305 e. The first-order valence-corrected chi connectivity index (χ1v) is 4.70. The quantitative estimate of drug-likeness (QED) is 0.650. The Balaban J connectivity index is 2.12. The molecule has 14 heavy (non-hydrogen) atoms. The number of carbonyl (C=O) groups excluding carboxylic acids is 1. The van der Waals surface area contributed by atoms with E-state index in [9.17, 15) is 13.6 Å². The van der Waals surface area contributed by atoms with Gasteiger partial charge < -0.3 is 4.74 Å². The second-order valence-electron chi connectivity index (χ2n) is 3.56. The van der Waals surface area contributed by atoms with Crippen LogP contribution in [0.3, 0.4) is 0 Å². The van der Waals surface area contributed by atoms with E-state index in [2.05, 4.69) is 4.74 Å². The zero-order chi connectivity index (χ0) is 10.6. The highest BCUT2D eigenvalue weighted by Gasteiger charge is 2.37. The van der Waals surface area contributed by atoms with Gasteiger partial charge >= 0.3 is 5.97 Å². The van der Waals surface area contributed by atoms with Gasteiger partial charge in [0, 0.05) is 19.4 Å². The molecular formula is C9H15F2NO2. The fourth-order valence-corrected chi connectivity index (χ4v) is 1.55. The number of likely N-dealkylation sites (tertiary alicyclic amines) is 1. The van der Waals surface area contributed by atoms with Crippen LogP contribution in [0.4, 0.5) is 8.78 Å². The molecule has 0 spiro atoms. The van der Waals surface area contributed by atoms with Crippen LogP contribution in [-0.2, 0) is 9.53 Å². The van der Waals surface area contributed by atoms with Crippen molar-refractivity contribution < 1.29 is 18.3 Å². The van der Waals surface area contributed by atoms with E-state index in [1.165, 1.54) is 7.11 Å². The van der Waals surface area contributed by atoms with Gasteiger partial charge in [-0.25, -0.2) is 8.78 Å². The van der Waals surface area contributed by atoms with Gasteiger partial charge in [-0.05, 0) is 13.0 Å². The van der Waals surface area contributed by atoms with Crippen molar-refractivity contribution in [3.8, 4) is 0 Å². The molecule has 1 saturated heterocycles. The van der Waals surface area contributed by atoms with Crippen molar-refractivity contribution in [3.63, 3.8) is 0 Å². The Morgan fingerprint density at radius 1 is 1.57 bits per heavy atom. The van der Waals surface area contributed by atoms with Crippen molar-refractivity contribution >= 4 is 5.97 Å². The number of nitrogens with zero attached hydrogens (tertiary/aromatic N) is 1. The molecule has 5 heteroatoms. The Morgan fingerprint density at radius 2 is 2.29 bits per heavy atom. The van der Waals surface area contributed by atoms with Crippen LogP contribution < -0.4 is 0 Å². The number of hydrogen-bond acceptors (Lipinski definition) is 3. The average Bonchev–Trinajstić information content (AvgIpc) is 2.45. The smallest absolute Gasteiger partial charge is 0.305 e. The summed E-state index contributed by atoms with van der Waals surface area (Å²) in [6.45, 7) is 0.799. The lowest BCUT2D eigenvalue weighted by molar-refractivity contribution is -0.140. The van der Waals surface area contributed by atoms with E-state index in [0.29, 0.717) is 25.9 Å². The third kappa shape index (κ3) is 3.57. The Labute approximate surface area is 82.0 Å². The van der Waals surface area contributed by atoms with E-state index in [0.717, 1.165) is 0 Å². The average molecular weight is 207 g/mol. The van der Waals surface area contributed by atoms with Gasteiger partial charge in [-0.1, -0.05) is 0 Å². The largest absolute Gasteiger partial charge is 0.469 e. The van der Waals surface area contributed by atoms with Crippen molar-refractivity contribution in [3.05, 3.63) is 0 Å². The summed E-state index contributed by atoms with van der Waals surface area (Å²) in [5.74, 6) is -2.82. The molecule has 1 heterocycles. The molecule has 0 N–H and O–H groups in total. The fourth-order valence-electron chi connectivity index (χ4n) is 1.55. The molecule has 0 bridgehead atoms. The highest BCUT2D eigenvalue weighted by Crippen LogP contribution is 2.26. The van der Waals surface area contributed by atoms with Gasteiger partial charge in [-0.2, -0.15) is 0 Å². The number of rotatable bonds is 4. The molecule has 1 fully saturated rings. The minimum atomic E-state index is -2.54. The van der Waals surface area contributed by atoms with Crippen LogP contribution in [0, 0.1) is 0 Å². The van der Waals surface area contributed by atoms with Gasteiger partial charge in [0.05, 0.1) is 13.7 Å². The van der Waals surface area contributed by atoms with Crippen LogP contribution in [0.1, 0.15) is 19.3 Å². The Bertz CT molecular complexity index is 209. The predicted octanol–water partition coefficient (Wildman–Crippen LogP) is 1.28. The Hall–Kier alpha value is -0.710. The lowest BCUT2D eigenvalue weighted by Gasteiger charge is -2.14. The summed E-state index contributed by atoms with van der Waals surface area (Å²) in [7, 11) is 1.33. The van der Waals surface area contributed by atoms with E-state index in [-0.39, 0.29) is 18.9 Å². The molecule has 0 saturated carbocycles. The fraction of sp³-hybridized carbons (Fsp3) is 0.889. The first-order valence-electron chi connectivity index (χ1n) is 4.70. The Kier molecular flexibility index (Phi) is 3.80. The van der Waals surface area contributed by atoms with Gasteiger partial charge in [0.15, 0.2) is 0 Å². The van der Waals surface area contributed by atoms with Crippen LogP contribution in [0.2, 0.25) is 0 Å². The lowest BCUT2D eigenvalue weighted by atomic mass is 10.3. The standard InChI is InChI=1S/C9H15F2NO2/c1-14-8(13)3-2-5-12-6-4-9(10,11)7-12/h2-7H2,1H3. The minimum Gasteiger partial charge on any atom is -0.469 e. The summed E-state index contributed by atoms with van der Waals surface area (Å²) in [6.07, 6.45) is 0.826. The van der Waals surface area contributed by atoms with Gasteiger partial charge in [0.2, 0.25) is 0 Å². The normalized spacial score (nSPS) is 21.1. The third-order valence-electron chi connectivity index (χ3n) is 2.33. The second kappa shape index (κ2) is 4.68. The number of carbonyl (C=O) groups is 1. The first kappa shape index (κ1) is 11.4. The van der Waals surface area contributed by atoms with Gasteiger partial charge in [0.1, 0.15) is 0 Å². The second-order valence-corrected chi connectivity index (χ2v) is 3.56. The molecule has 3 nitrogen and oxygen atoms in total. The maximum atomic E-state index is 12.7. The number of halogens is 2. The molecule has 1 aliphatic heterocycles. The van der Waals surface area contributed by atoms with E-state index in [1.54, 1.807) is 4.90 Å². The molecule has 0 unspecified atom stereocenters. The van der Waals surface area contributed by atoms with Gasteiger partial charge in [0.25, 0.3) is 5.92 Å².